The Hall–Kier alpha value is -3.75. The maximum absolute atomic E-state index is 12.7. The van der Waals surface area contributed by atoms with E-state index in [0.717, 1.165) is 16.3 Å². The van der Waals surface area contributed by atoms with E-state index in [1.807, 2.05) is 30.3 Å². The number of carbonyl (C=O) groups excluding carboxylic acids is 3. The van der Waals surface area contributed by atoms with Gasteiger partial charge < -0.3 is 24.2 Å². The van der Waals surface area contributed by atoms with E-state index in [1.165, 1.54) is 0 Å². The zero-order valence-corrected chi connectivity index (χ0v) is 18.6. The van der Waals surface area contributed by atoms with E-state index in [2.05, 4.69) is 4.74 Å². The van der Waals surface area contributed by atoms with Gasteiger partial charge in [0.2, 0.25) is 5.78 Å². The van der Waals surface area contributed by atoms with Crippen LogP contribution in [-0.2, 0) is 19.1 Å². The third-order valence-electron chi connectivity index (χ3n) is 5.65. The first-order valence-electron chi connectivity index (χ1n) is 10.4. The Bertz CT molecular complexity index is 1010. The standard InChI is InChI=1S/C22H23F3N4O5/c1-27-16-5-3-4-6-17(16)28(2)19(27)15(11-26)18(30)12-33-20(31)14-7-9-29(10-8-14)21(32)34-13-22(23,24)25/h3-6,14H,7-10,12-13H2,1-2H3. The molecule has 0 radical (unpaired) electrons. The van der Waals surface area contributed by atoms with Gasteiger partial charge in [0.15, 0.2) is 13.2 Å². The molecule has 1 saturated heterocycles. The number of benzene rings is 1. The Kier molecular flexibility index (Phi) is 7.34. The number of nitrogens with zero attached hydrogens (tertiary/aromatic N) is 4. The Labute approximate surface area is 193 Å². The first-order valence-corrected chi connectivity index (χ1v) is 10.4. The van der Waals surface area contributed by atoms with E-state index >= 15 is 0 Å². The summed E-state index contributed by atoms with van der Waals surface area (Å²) >= 11 is 0. The van der Waals surface area contributed by atoms with E-state index < -0.39 is 43.2 Å². The molecule has 1 aromatic carbocycles. The molecule has 0 N–H and O–H groups in total. The van der Waals surface area contributed by atoms with Crippen LogP contribution in [0.1, 0.15) is 12.8 Å². The van der Waals surface area contributed by atoms with Crippen molar-refractivity contribution in [3.8, 4) is 6.07 Å². The van der Waals surface area contributed by atoms with Gasteiger partial charge in [0, 0.05) is 27.2 Å². The predicted molar refractivity (Wildman–Crippen MR) is 114 cm³/mol. The van der Waals surface area contributed by atoms with Crippen LogP contribution in [0, 0.1) is 17.2 Å². The fourth-order valence-corrected chi connectivity index (χ4v) is 3.92. The topological polar surface area (TPSA) is 103 Å². The molecule has 0 bridgehead atoms. The molecule has 0 unspecified atom stereocenters. The highest BCUT2D eigenvalue weighted by Gasteiger charge is 2.34. The number of esters is 1. The van der Waals surface area contributed by atoms with Crippen molar-refractivity contribution in [3.63, 3.8) is 0 Å². The van der Waals surface area contributed by atoms with Crippen molar-refractivity contribution < 1.29 is 37.0 Å². The Balaban J connectivity index is 1.54. The van der Waals surface area contributed by atoms with Gasteiger partial charge in [0.05, 0.1) is 17.3 Å². The van der Waals surface area contributed by atoms with Crippen LogP contribution in [0.15, 0.2) is 35.7 Å². The van der Waals surface area contributed by atoms with Gasteiger partial charge in [-0.1, -0.05) is 12.1 Å². The first-order chi connectivity index (χ1) is 16.0. The lowest BCUT2D eigenvalue weighted by molar-refractivity contribution is -0.163. The van der Waals surface area contributed by atoms with Crippen LogP contribution in [-0.4, -0.2) is 69.3 Å². The van der Waals surface area contributed by atoms with Crippen molar-refractivity contribution >= 4 is 29.2 Å². The molecule has 2 aliphatic rings. The van der Waals surface area contributed by atoms with E-state index in [4.69, 9.17) is 4.74 Å². The second-order valence-corrected chi connectivity index (χ2v) is 7.88. The minimum atomic E-state index is -4.62. The monoisotopic (exact) mass is 480 g/mol. The summed E-state index contributed by atoms with van der Waals surface area (Å²) in [6.45, 7) is -2.27. The van der Waals surface area contributed by atoms with Crippen LogP contribution in [0.4, 0.5) is 29.3 Å². The van der Waals surface area contributed by atoms with Gasteiger partial charge in [-0.05, 0) is 25.0 Å². The van der Waals surface area contributed by atoms with Crippen LogP contribution in [0.3, 0.4) is 0 Å². The number of alkyl halides is 3. The number of halogens is 3. The zero-order chi connectivity index (χ0) is 25.0. The molecule has 182 valence electrons. The number of ether oxygens (including phenoxy) is 2. The van der Waals surface area contributed by atoms with Gasteiger partial charge in [-0.2, -0.15) is 18.4 Å². The summed E-state index contributed by atoms with van der Waals surface area (Å²) in [5, 5.41) is 9.62. The molecule has 0 atom stereocenters. The minimum Gasteiger partial charge on any atom is -0.457 e. The molecule has 1 amide bonds. The van der Waals surface area contributed by atoms with Crippen molar-refractivity contribution in [2.45, 2.75) is 19.0 Å². The predicted octanol–water partition coefficient (Wildman–Crippen LogP) is 2.83. The molecule has 2 aliphatic heterocycles. The van der Waals surface area contributed by atoms with E-state index in [1.54, 1.807) is 23.9 Å². The highest BCUT2D eigenvalue weighted by molar-refractivity contribution is 6.03. The summed E-state index contributed by atoms with van der Waals surface area (Å²) in [6, 6.07) is 9.28. The number of rotatable bonds is 5. The normalized spacial score (nSPS) is 16.1. The Morgan fingerprint density at radius 2 is 1.62 bits per heavy atom. The highest BCUT2D eigenvalue weighted by Crippen LogP contribution is 2.40. The number of hydrogen-bond donors (Lipinski definition) is 0. The van der Waals surface area contributed by atoms with Gasteiger partial charge in [0.25, 0.3) is 0 Å². The average Bonchev–Trinajstić information content (AvgIpc) is 3.06. The summed E-state index contributed by atoms with van der Waals surface area (Å²) in [7, 11) is 3.45. The van der Waals surface area contributed by atoms with Crippen LogP contribution in [0.25, 0.3) is 0 Å². The molecule has 2 heterocycles. The summed E-state index contributed by atoms with van der Waals surface area (Å²) < 4.78 is 45.9. The number of Topliss-reactive ketones (excluding diaryl/α,β-unsaturated/α-hetero) is 1. The number of para-hydroxylation sites is 2. The third-order valence-corrected chi connectivity index (χ3v) is 5.65. The van der Waals surface area contributed by atoms with E-state index in [0.29, 0.717) is 5.82 Å². The van der Waals surface area contributed by atoms with Gasteiger partial charge in [-0.25, -0.2) is 4.79 Å². The molecule has 12 heteroatoms. The lowest BCUT2D eigenvalue weighted by atomic mass is 9.97. The van der Waals surface area contributed by atoms with Crippen LogP contribution < -0.4 is 9.80 Å². The number of carbonyl (C=O) groups is 3. The molecule has 0 saturated carbocycles. The number of nitriles is 1. The molecule has 1 fully saturated rings. The number of anilines is 2. The summed E-state index contributed by atoms with van der Waals surface area (Å²) in [5.41, 5.74) is 1.48. The smallest absolute Gasteiger partial charge is 0.422 e. The minimum absolute atomic E-state index is 0.0196. The highest BCUT2D eigenvalue weighted by atomic mass is 19.4. The van der Waals surface area contributed by atoms with Crippen molar-refractivity contribution in [1.29, 1.82) is 5.26 Å². The summed E-state index contributed by atoms with van der Waals surface area (Å²) in [5.74, 6) is -1.59. The molecule has 3 rings (SSSR count). The molecule has 34 heavy (non-hydrogen) atoms. The van der Waals surface area contributed by atoms with Gasteiger partial charge in [0.1, 0.15) is 17.5 Å². The number of fused-ring (bicyclic) bond motifs is 1. The Morgan fingerprint density at radius 1 is 1.06 bits per heavy atom. The van der Waals surface area contributed by atoms with Gasteiger partial charge in [-0.15, -0.1) is 0 Å². The summed E-state index contributed by atoms with van der Waals surface area (Å²) in [4.78, 5) is 41.3. The van der Waals surface area contributed by atoms with E-state index in [9.17, 15) is 32.8 Å². The summed E-state index contributed by atoms with van der Waals surface area (Å²) in [6.07, 6.45) is -5.41. The van der Waals surface area contributed by atoms with Crippen molar-refractivity contribution in [2.24, 2.45) is 5.92 Å². The second-order valence-electron chi connectivity index (χ2n) is 7.88. The lowest BCUT2D eigenvalue weighted by Crippen LogP contribution is -2.42. The molecule has 0 aliphatic carbocycles. The molecule has 0 spiro atoms. The third kappa shape index (κ3) is 5.41. The molecular weight excluding hydrogens is 457 g/mol. The first kappa shape index (κ1) is 24.9. The number of hydrogen-bond acceptors (Lipinski definition) is 8. The largest absolute Gasteiger partial charge is 0.457 e. The van der Waals surface area contributed by atoms with Crippen LogP contribution in [0.5, 0.6) is 0 Å². The molecule has 9 nitrogen and oxygen atoms in total. The van der Waals surface area contributed by atoms with Crippen molar-refractivity contribution in [2.75, 3.05) is 50.2 Å². The van der Waals surface area contributed by atoms with Gasteiger partial charge >= 0.3 is 18.2 Å². The fourth-order valence-electron chi connectivity index (χ4n) is 3.92. The quantitative estimate of drug-likeness (QED) is 0.360. The molecule has 0 aromatic heterocycles. The number of piperidine rings is 1. The van der Waals surface area contributed by atoms with Crippen LogP contribution in [0.2, 0.25) is 0 Å². The number of ketones is 1. The lowest BCUT2D eigenvalue weighted by Gasteiger charge is -2.30. The maximum Gasteiger partial charge on any atom is 0.422 e. The molecule has 1 aromatic rings. The van der Waals surface area contributed by atoms with Crippen molar-refractivity contribution in [3.05, 3.63) is 35.7 Å². The maximum atomic E-state index is 12.7. The number of amides is 1. The fraction of sp³-hybridized carbons (Fsp3) is 0.455. The van der Waals surface area contributed by atoms with E-state index in [-0.39, 0.29) is 31.5 Å². The number of likely N-dealkylation sites (tertiary alicyclic amines) is 1. The van der Waals surface area contributed by atoms with Crippen LogP contribution >= 0.6 is 0 Å². The SMILES string of the molecule is CN1C(=C(C#N)C(=O)COC(=O)C2CCN(C(=O)OCC(F)(F)F)CC2)N(C)c2ccccc21. The second kappa shape index (κ2) is 10.0. The Morgan fingerprint density at radius 3 is 2.12 bits per heavy atom. The zero-order valence-electron chi connectivity index (χ0n) is 18.6. The van der Waals surface area contributed by atoms with Gasteiger partial charge in [-0.3, -0.25) is 9.59 Å². The van der Waals surface area contributed by atoms with Crippen molar-refractivity contribution in [1.82, 2.24) is 4.90 Å². The average molecular weight is 480 g/mol. The molecular formula is C22H23F3N4O5.